The zero-order chi connectivity index (χ0) is 11.5. The van der Waals surface area contributed by atoms with E-state index in [0.29, 0.717) is 19.8 Å². The summed E-state index contributed by atoms with van der Waals surface area (Å²) in [6.45, 7) is 2.30. The van der Waals surface area contributed by atoms with Gasteiger partial charge in [0.15, 0.2) is 0 Å². The van der Waals surface area contributed by atoms with Crippen LogP contribution in [0.3, 0.4) is 0 Å². The molecule has 15 heavy (non-hydrogen) atoms. The van der Waals surface area contributed by atoms with Gasteiger partial charge < -0.3 is 15.2 Å². The first-order valence-electron chi connectivity index (χ1n) is 4.40. The van der Waals surface area contributed by atoms with E-state index >= 15 is 0 Å². The van der Waals surface area contributed by atoms with E-state index in [1.54, 1.807) is 0 Å². The van der Waals surface area contributed by atoms with Crippen molar-refractivity contribution in [1.82, 2.24) is 0 Å². The summed E-state index contributed by atoms with van der Waals surface area (Å²) < 4.78 is 9.82. The fourth-order valence-corrected chi connectivity index (χ4v) is 0.588. The zero-order valence-electron chi connectivity index (χ0n) is 8.56. The maximum atomic E-state index is 10.8. The van der Waals surface area contributed by atoms with Gasteiger partial charge >= 0.3 is 11.9 Å². The molecule has 88 valence electrons. The predicted octanol–water partition coefficient (Wildman–Crippen LogP) is -1.00. The van der Waals surface area contributed by atoms with E-state index in [1.165, 1.54) is 0 Å². The van der Waals surface area contributed by atoms with Gasteiger partial charge in [-0.15, -0.1) is 0 Å². The van der Waals surface area contributed by atoms with Gasteiger partial charge in [-0.2, -0.15) is 0 Å². The highest BCUT2D eigenvalue weighted by Gasteiger charge is 2.05. The van der Waals surface area contributed by atoms with Gasteiger partial charge in [0.2, 0.25) is 0 Å². The first-order chi connectivity index (χ1) is 7.16. The lowest BCUT2D eigenvalue weighted by Crippen LogP contribution is -2.17. The Morgan fingerprint density at radius 3 is 2.33 bits per heavy atom. The molecule has 0 spiro atoms. The highest BCUT2D eigenvalue weighted by Crippen LogP contribution is 1.85. The third-order valence-electron chi connectivity index (χ3n) is 1.11. The lowest BCUT2D eigenvalue weighted by molar-refractivity contribution is -0.259. The molecular formula is C8H15NO6. The summed E-state index contributed by atoms with van der Waals surface area (Å²) in [5.41, 5.74) is 5.17. The fourth-order valence-electron chi connectivity index (χ4n) is 0.588. The largest absolute Gasteiger partial charge is 0.380 e. The molecule has 0 rings (SSSR count). The van der Waals surface area contributed by atoms with Crippen LogP contribution < -0.4 is 5.73 Å². The minimum absolute atomic E-state index is 0.245. The highest BCUT2D eigenvalue weighted by molar-refractivity contribution is 5.72. The smallest absolute Gasteiger partial charge is 0.378 e. The van der Waals surface area contributed by atoms with E-state index in [1.807, 2.05) is 0 Å². The first kappa shape index (κ1) is 13.8. The second-order valence-electron chi connectivity index (χ2n) is 2.48. The van der Waals surface area contributed by atoms with Gasteiger partial charge in [0, 0.05) is 13.5 Å². The number of nitrogens with two attached hydrogens (primary N) is 1. The Kier molecular flexibility index (Phi) is 8.64. The van der Waals surface area contributed by atoms with Crippen LogP contribution >= 0.6 is 0 Å². The standard InChI is InChI=1S/C8H15NO6/c1-7(10)14-15-8(11)6-13-5-4-12-3-2-9/h2-6,9H2,1H3. The monoisotopic (exact) mass is 221 g/mol. The number of carbonyl (C=O) groups excluding carboxylic acids is 2. The summed E-state index contributed by atoms with van der Waals surface area (Å²) in [6, 6.07) is 0. The van der Waals surface area contributed by atoms with Crippen molar-refractivity contribution in [2.75, 3.05) is 33.0 Å². The van der Waals surface area contributed by atoms with E-state index in [9.17, 15) is 9.59 Å². The van der Waals surface area contributed by atoms with Crippen LogP contribution in [0.25, 0.3) is 0 Å². The Morgan fingerprint density at radius 2 is 1.73 bits per heavy atom. The van der Waals surface area contributed by atoms with Crippen molar-refractivity contribution in [3.8, 4) is 0 Å². The molecule has 0 aromatic rings. The van der Waals surface area contributed by atoms with Crippen molar-refractivity contribution in [1.29, 1.82) is 0 Å². The van der Waals surface area contributed by atoms with Crippen molar-refractivity contribution in [2.45, 2.75) is 6.92 Å². The molecule has 0 aliphatic carbocycles. The molecule has 0 atom stereocenters. The molecule has 0 unspecified atom stereocenters. The van der Waals surface area contributed by atoms with Gasteiger partial charge in [-0.25, -0.2) is 19.4 Å². The van der Waals surface area contributed by atoms with Crippen molar-refractivity contribution in [2.24, 2.45) is 5.73 Å². The van der Waals surface area contributed by atoms with E-state index < -0.39 is 11.9 Å². The topological polar surface area (TPSA) is 97.1 Å². The Balaban J connectivity index is 3.20. The molecule has 2 N–H and O–H groups in total. The average Bonchev–Trinajstić information content (AvgIpc) is 2.20. The quantitative estimate of drug-likeness (QED) is 0.334. The summed E-state index contributed by atoms with van der Waals surface area (Å²) in [6.07, 6.45) is 0. The van der Waals surface area contributed by atoms with Gasteiger partial charge in [0.25, 0.3) is 0 Å². The molecule has 7 heteroatoms. The normalized spacial score (nSPS) is 9.73. The third kappa shape index (κ3) is 10.7. The first-order valence-corrected chi connectivity index (χ1v) is 4.40. The highest BCUT2D eigenvalue weighted by atomic mass is 17.2. The maximum Gasteiger partial charge on any atom is 0.380 e. The Labute approximate surface area is 87.3 Å². The van der Waals surface area contributed by atoms with Crippen LogP contribution in [0.5, 0.6) is 0 Å². The van der Waals surface area contributed by atoms with Crippen molar-refractivity contribution < 1.29 is 28.8 Å². The minimum atomic E-state index is -0.774. The second kappa shape index (κ2) is 9.38. The van der Waals surface area contributed by atoms with Crippen LogP contribution in [0, 0.1) is 0 Å². The molecule has 0 amide bonds. The summed E-state index contributed by atoms with van der Waals surface area (Å²) in [5, 5.41) is 0. The van der Waals surface area contributed by atoms with Crippen molar-refractivity contribution in [3.05, 3.63) is 0 Å². The van der Waals surface area contributed by atoms with Crippen LogP contribution in [0.1, 0.15) is 6.92 Å². The molecule has 0 bridgehead atoms. The Hall–Kier alpha value is -1.18. The number of rotatable bonds is 7. The van der Waals surface area contributed by atoms with Gasteiger partial charge in [-0.3, -0.25) is 0 Å². The summed E-state index contributed by atoms with van der Waals surface area (Å²) in [4.78, 5) is 29.0. The maximum absolute atomic E-state index is 10.8. The van der Waals surface area contributed by atoms with Crippen LogP contribution in [0.4, 0.5) is 0 Å². The second-order valence-corrected chi connectivity index (χ2v) is 2.48. The average molecular weight is 221 g/mol. The molecule has 0 fully saturated rings. The molecule has 0 aliphatic rings. The Morgan fingerprint density at radius 1 is 1.07 bits per heavy atom. The molecule has 7 nitrogen and oxygen atoms in total. The summed E-state index contributed by atoms with van der Waals surface area (Å²) >= 11 is 0. The lowest BCUT2D eigenvalue weighted by atomic mass is 10.7. The van der Waals surface area contributed by atoms with Crippen LogP contribution in [0.15, 0.2) is 0 Å². The summed E-state index contributed by atoms with van der Waals surface area (Å²) in [5.74, 6) is -1.47. The van der Waals surface area contributed by atoms with E-state index in [2.05, 4.69) is 9.78 Å². The van der Waals surface area contributed by atoms with E-state index in [-0.39, 0.29) is 13.2 Å². The molecule has 0 aromatic heterocycles. The molecule has 0 radical (unpaired) electrons. The van der Waals surface area contributed by atoms with Crippen molar-refractivity contribution >= 4 is 11.9 Å². The summed E-state index contributed by atoms with van der Waals surface area (Å²) in [7, 11) is 0. The van der Waals surface area contributed by atoms with Gasteiger partial charge in [-0.1, -0.05) is 0 Å². The van der Waals surface area contributed by atoms with Gasteiger partial charge in [0.1, 0.15) is 6.61 Å². The SMILES string of the molecule is CC(=O)OOC(=O)COCCOCCN. The van der Waals surface area contributed by atoms with Crippen LogP contribution in [-0.2, 0) is 28.8 Å². The molecule has 0 saturated carbocycles. The van der Waals surface area contributed by atoms with E-state index in [4.69, 9.17) is 15.2 Å². The molecule has 0 saturated heterocycles. The number of ether oxygens (including phenoxy) is 2. The van der Waals surface area contributed by atoms with Crippen LogP contribution in [-0.4, -0.2) is 44.9 Å². The predicted molar refractivity (Wildman–Crippen MR) is 48.6 cm³/mol. The van der Waals surface area contributed by atoms with Gasteiger partial charge in [-0.05, 0) is 0 Å². The molecule has 0 aliphatic heterocycles. The fraction of sp³-hybridized carbons (Fsp3) is 0.750. The molecule has 0 heterocycles. The van der Waals surface area contributed by atoms with Gasteiger partial charge in [0.05, 0.1) is 19.8 Å². The zero-order valence-corrected chi connectivity index (χ0v) is 8.56. The molecule has 0 aromatic carbocycles. The lowest BCUT2D eigenvalue weighted by Gasteiger charge is -2.03. The van der Waals surface area contributed by atoms with E-state index in [0.717, 1.165) is 6.92 Å². The molecular weight excluding hydrogens is 206 g/mol. The third-order valence-corrected chi connectivity index (χ3v) is 1.11. The van der Waals surface area contributed by atoms with Crippen LogP contribution in [0.2, 0.25) is 0 Å². The Bertz CT molecular complexity index is 196. The minimum Gasteiger partial charge on any atom is -0.378 e. The number of hydrogen-bond donors (Lipinski definition) is 1. The number of carbonyl (C=O) groups is 2. The van der Waals surface area contributed by atoms with Crippen molar-refractivity contribution in [3.63, 3.8) is 0 Å². The number of hydrogen-bond acceptors (Lipinski definition) is 7.